The number of hydrogen-bond donors (Lipinski definition) is 0. The third-order valence-corrected chi connectivity index (χ3v) is 4.37. The van der Waals surface area contributed by atoms with Gasteiger partial charge in [0.25, 0.3) is 0 Å². The Hall–Kier alpha value is -2.04. The number of hydrogen-bond acceptors (Lipinski definition) is 3. The summed E-state index contributed by atoms with van der Waals surface area (Å²) in [6.07, 6.45) is 2.21. The van der Waals surface area contributed by atoms with Gasteiger partial charge in [-0.1, -0.05) is 26.0 Å². The van der Waals surface area contributed by atoms with E-state index in [4.69, 9.17) is 4.74 Å². The van der Waals surface area contributed by atoms with Crippen LogP contribution < -0.4 is 4.74 Å². The Morgan fingerprint density at radius 2 is 2.00 bits per heavy atom. The minimum absolute atomic E-state index is 0.0594. The van der Waals surface area contributed by atoms with Crippen LogP contribution in [0.5, 0.6) is 5.75 Å². The maximum atomic E-state index is 12.7. The highest BCUT2D eigenvalue weighted by Crippen LogP contribution is 2.23. The molecule has 2 amide bonds. The van der Waals surface area contributed by atoms with Crippen LogP contribution in [0.2, 0.25) is 0 Å². The lowest BCUT2D eigenvalue weighted by Crippen LogP contribution is -2.38. The van der Waals surface area contributed by atoms with Crippen LogP contribution in [0.3, 0.4) is 0 Å². The standard InChI is InChI=1S/C19H28N2O3/c1-4-9-20(10-5-2)19(23)16-12-18(22)21(14-16)13-15-7-6-8-17(11-15)24-3/h6-8,11,16H,4-5,9-10,12-14H2,1-3H3/t16-/m0/s1. The van der Waals surface area contributed by atoms with Gasteiger partial charge in [0.2, 0.25) is 11.8 Å². The SMILES string of the molecule is CCCN(CCC)C(=O)[C@H]1CC(=O)N(Cc2cccc(OC)c2)C1. The maximum absolute atomic E-state index is 12.7. The Kier molecular flexibility index (Phi) is 6.64. The van der Waals surface area contributed by atoms with E-state index in [2.05, 4.69) is 13.8 Å². The van der Waals surface area contributed by atoms with Crippen LogP contribution in [0.25, 0.3) is 0 Å². The highest BCUT2D eigenvalue weighted by molar-refractivity contribution is 5.89. The van der Waals surface area contributed by atoms with Gasteiger partial charge >= 0.3 is 0 Å². The average Bonchev–Trinajstić information content (AvgIpc) is 2.95. The van der Waals surface area contributed by atoms with Crippen molar-refractivity contribution >= 4 is 11.8 Å². The van der Waals surface area contributed by atoms with Gasteiger partial charge < -0.3 is 14.5 Å². The van der Waals surface area contributed by atoms with Gasteiger partial charge in [-0.15, -0.1) is 0 Å². The first-order valence-corrected chi connectivity index (χ1v) is 8.78. The second kappa shape index (κ2) is 8.71. The second-order valence-electron chi connectivity index (χ2n) is 6.35. The molecule has 0 radical (unpaired) electrons. The summed E-state index contributed by atoms with van der Waals surface area (Å²) in [5, 5.41) is 0. The number of methoxy groups -OCH3 is 1. The predicted molar refractivity (Wildman–Crippen MR) is 93.7 cm³/mol. The molecule has 1 aromatic carbocycles. The fourth-order valence-electron chi connectivity index (χ4n) is 3.21. The first-order valence-electron chi connectivity index (χ1n) is 8.78. The minimum atomic E-state index is -0.207. The van der Waals surface area contributed by atoms with Crippen molar-refractivity contribution in [1.82, 2.24) is 9.80 Å². The second-order valence-corrected chi connectivity index (χ2v) is 6.35. The average molecular weight is 332 g/mol. The summed E-state index contributed by atoms with van der Waals surface area (Å²) in [5.74, 6) is 0.759. The van der Waals surface area contributed by atoms with Gasteiger partial charge in [-0.05, 0) is 30.5 Å². The molecular weight excluding hydrogens is 304 g/mol. The van der Waals surface area contributed by atoms with E-state index < -0.39 is 0 Å². The fraction of sp³-hybridized carbons (Fsp3) is 0.579. The van der Waals surface area contributed by atoms with E-state index >= 15 is 0 Å². The lowest BCUT2D eigenvalue weighted by molar-refractivity contribution is -0.136. The minimum Gasteiger partial charge on any atom is -0.497 e. The van der Waals surface area contributed by atoms with Crippen LogP contribution in [0.4, 0.5) is 0 Å². The quantitative estimate of drug-likeness (QED) is 0.735. The number of carbonyl (C=O) groups is 2. The van der Waals surface area contributed by atoms with Crippen LogP contribution in [-0.2, 0) is 16.1 Å². The normalized spacial score (nSPS) is 17.2. The molecule has 132 valence electrons. The Morgan fingerprint density at radius 1 is 1.29 bits per heavy atom. The largest absolute Gasteiger partial charge is 0.497 e. The summed E-state index contributed by atoms with van der Waals surface area (Å²) in [7, 11) is 1.63. The summed E-state index contributed by atoms with van der Waals surface area (Å²) in [6.45, 7) is 6.73. The molecular formula is C19H28N2O3. The molecule has 1 aliphatic heterocycles. The summed E-state index contributed by atoms with van der Waals surface area (Å²) in [5.41, 5.74) is 1.02. The summed E-state index contributed by atoms with van der Waals surface area (Å²) in [4.78, 5) is 28.7. The number of rotatable bonds is 8. The topological polar surface area (TPSA) is 49.9 Å². The van der Waals surface area contributed by atoms with Crippen molar-refractivity contribution < 1.29 is 14.3 Å². The zero-order valence-corrected chi connectivity index (χ0v) is 15.0. The van der Waals surface area contributed by atoms with Crippen molar-refractivity contribution in [2.24, 2.45) is 5.92 Å². The van der Waals surface area contributed by atoms with Gasteiger partial charge in [0.15, 0.2) is 0 Å². The Balaban J connectivity index is 2.00. The zero-order valence-electron chi connectivity index (χ0n) is 15.0. The number of amides is 2. The molecule has 1 aromatic rings. The smallest absolute Gasteiger partial charge is 0.227 e. The first-order chi connectivity index (χ1) is 11.6. The fourth-order valence-corrected chi connectivity index (χ4v) is 3.21. The molecule has 0 unspecified atom stereocenters. The van der Waals surface area contributed by atoms with Crippen molar-refractivity contribution in [2.75, 3.05) is 26.7 Å². The van der Waals surface area contributed by atoms with Gasteiger partial charge in [-0.25, -0.2) is 0 Å². The molecule has 0 spiro atoms. The van der Waals surface area contributed by atoms with Crippen molar-refractivity contribution in [3.63, 3.8) is 0 Å². The van der Waals surface area contributed by atoms with E-state index in [1.165, 1.54) is 0 Å². The lowest BCUT2D eigenvalue weighted by Gasteiger charge is -2.24. The van der Waals surface area contributed by atoms with Gasteiger partial charge in [0.05, 0.1) is 13.0 Å². The highest BCUT2D eigenvalue weighted by atomic mass is 16.5. The van der Waals surface area contributed by atoms with Gasteiger partial charge in [0, 0.05) is 32.6 Å². The number of benzene rings is 1. The van der Waals surface area contributed by atoms with E-state index in [-0.39, 0.29) is 17.7 Å². The summed E-state index contributed by atoms with van der Waals surface area (Å²) < 4.78 is 5.23. The third-order valence-electron chi connectivity index (χ3n) is 4.37. The molecule has 0 aliphatic carbocycles. The molecule has 5 nitrogen and oxygen atoms in total. The van der Waals surface area contributed by atoms with Crippen LogP contribution in [0.1, 0.15) is 38.7 Å². The van der Waals surface area contributed by atoms with E-state index in [0.29, 0.717) is 19.5 Å². The van der Waals surface area contributed by atoms with Gasteiger partial charge in [0.1, 0.15) is 5.75 Å². The first kappa shape index (κ1) is 18.3. The molecule has 1 heterocycles. The highest BCUT2D eigenvalue weighted by Gasteiger charge is 2.36. The third kappa shape index (κ3) is 4.49. The van der Waals surface area contributed by atoms with E-state index in [1.54, 1.807) is 12.0 Å². The van der Waals surface area contributed by atoms with Crippen molar-refractivity contribution in [3.05, 3.63) is 29.8 Å². The molecule has 1 saturated heterocycles. The van der Waals surface area contributed by atoms with Crippen LogP contribution in [0.15, 0.2) is 24.3 Å². The van der Waals surface area contributed by atoms with Gasteiger partial charge in [-0.2, -0.15) is 0 Å². The van der Waals surface area contributed by atoms with E-state index in [9.17, 15) is 9.59 Å². The molecule has 2 rings (SSSR count). The molecule has 1 fully saturated rings. The van der Waals surface area contributed by atoms with Crippen molar-refractivity contribution in [3.8, 4) is 5.75 Å². The molecule has 0 saturated carbocycles. The van der Waals surface area contributed by atoms with Crippen molar-refractivity contribution in [2.45, 2.75) is 39.7 Å². The van der Waals surface area contributed by atoms with Crippen LogP contribution in [0, 0.1) is 5.92 Å². The number of carbonyl (C=O) groups excluding carboxylic acids is 2. The molecule has 1 atom stereocenters. The molecule has 0 aromatic heterocycles. The Morgan fingerprint density at radius 3 is 2.62 bits per heavy atom. The molecule has 24 heavy (non-hydrogen) atoms. The predicted octanol–water partition coefficient (Wildman–Crippen LogP) is 2.69. The summed E-state index contributed by atoms with van der Waals surface area (Å²) >= 11 is 0. The van der Waals surface area contributed by atoms with Crippen LogP contribution in [-0.4, -0.2) is 48.4 Å². The molecule has 0 bridgehead atoms. The van der Waals surface area contributed by atoms with Crippen LogP contribution >= 0.6 is 0 Å². The zero-order chi connectivity index (χ0) is 17.5. The van der Waals surface area contributed by atoms with E-state index in [1.807, 2.05) is 29.2 Å². The monoisotopic (exact) mass is 332 g/mol. The Labute approximate surface area is 144 Å². The van der Waals surface area contributed by atoms with Crippen molar-refractivity contribution in [1.29, 1.82) is 0 Å². The molecule has 1 aliphatic rings. The Bertz CT molecular complexity index is 567. The lowest BCUT2D eigenvalue weighted by atomic mass is 10.1. The van der Waals surface area contributed by atoms with Gasteiger partial charge in [-0.3, -0.25) is 9.59 Å². The number of likely N-dealkylation sites (tertiary alicyclic amines) is 1. The molecule has 0 N–H and O–H groups in total. The maximum Gasteiger partial charge on any atom is 0.227 e. The van der Waals surface area contributed by atoms with E-state index in [0.717, 1.165) is 37.2 Å². The summed E-state index contributed by atoms with van der Waals surface area (Å²) in [6, 6.07) is 7.71. The number of ether oxygens (including phenoxy) is 1. The number of nitrogens with zero attached hydrogens (tertiary/aromatic N) is 2. The molecule has 5 heteroatoms.